The lowest BCUT2D eigenvalue weighted by Gasteiger charge is -2.17. The van der Waals surface area contributed by atoms with Crippen molar-refractivity contribution >= 4 is 17.3 Å². The fourth-order valence-electron chi connectivity index (χ4n) is 1.64. The Bertz CT molecular complexity index is 636. The van der Waals surface area contributed by atoms with Gasteiger partial charge in [-0.15, -0.1) is 0 Å². The monoisotopic (exact) mass is 305 g/mol. The second-order valence-corrected chi connectivity index (χ2v) is 3.94. The first-order chi connectivity index (χ1) is 10.5. The molecule has 116 valence electrons. The predicted molar refractivity (Wildman–Crippen MR) is 78.1 cm³/mol. The highest BCUT2D eigenvalue weighted by molar-refractivity contribution is 5.93. The average molecular weight is 305 g/mol. The van der Waals surface area contributed by atoms with Gasteiger partial charge < -0.3 is 9.47 Å². The number of nitriles is 1. The molecule has 8 nitrogen and oxygen atoms in total. The maximum Gasteiger partial charge on any atom is 0.355 e. The number of hydrogen-bond acceptors (Lipinski definition) is 7. The molecular weight excluding hydrogens is 290 g/mol. The number of anilines is 1. The van der Waals surface area contributed by atoms with Gasteiger partial charge in [-0.2, -0.15) is 5.26 Å². The first kappa shape index (κ1) is 17.0. The third-order valence-electron chi connectivity index (χ3n) is 2.58. The van der Waals surface area contributed by atoms with E-state index in [4.69, 9.17) is 9.47 Å². The van der Waals surface area contributed by atoms with Crippen molar-refractivity contribution in [1.82, 2.24) is 0 Å². The van der Waals surface area contributed by atoms with E-state index < -0.39 is 10.9 Å². The van der Waals surface area contributed by atoms with Crippen molar-refractivity contribution in [3.63, 3.8) is 0 Å². The van der Waals surface area contributed by atoms with Crippen molar-refractivity contribution in [3.8, 4) is 11.9 Å². The Morgan fingerprint density at radius 3 is 2.64 bits per heavy atom. The van der Waals surface area contributed by atoms with Crippen molar-refractivity contribution < 1.29 is 19.2 Å². The summed E-state index contributed by atoms with van der Waals surface area (Å²) in [5.74, 6) is -0.748. The van der Waals surface area contributed by atoms with Crippen LogP contribution in [0.5, 0.6) is 5.75 Å². The van der Waals surface area contributed by atoms with E-state index in [1.807, 2.05) is 0 Å². The lowest BCUT2D eigenvalue weighted by atomic mass is 10.2. The van der Waals surface area contributed by atoms with Crippen LogP contribution >= 0.6 is 0 Å². The molecule has 0 aromatic heterocycles. The number of nitro benzene ring substituents is 1. The minimum atomic E-state index is -0.750. The molecule has 0 saturated carbocycles. The Morgan fingerprint density at radius 2 is 2.14 bits per heavy atom. The Balaban J connectivity index is 3.21. The van der Waals surface area contributed by atoms with Crippen LogP contribution in [0.3, 0.4) is 0 Å². The molecular formula is C14H15N3O5. The molecule has 22 heavy (non-hydrogen) atoms. The van der Waals surface area contributed by atoms with Gasteiger partial charge in [0, 0.05) is 12.1 Å². The minimum absolute atomic E-state index is 0.00177. The smallest absolute Gasteiger partial charge is 0.355 e. The molecule has 0 fully saturated rings. The van der Waals surface area contributed by atoms with E-state index in [1.54, 1.807) is 20.0 Å². The molecule has 8 heteroatoms. The van der Waals surface area contributed by atoms with Gasteiger partial charge in [0.1, 0.15) is 5.70 Å². The van der Waals surface area contributed by atoms with Gasteiger partial charge in [-0.3, -0.25) is 10.1 Å². The summed E-state index contributed by atoms with van der Waals surface area (Å²) in [4.78, 5) is 22.9. The number of rotatable bonds is 7. The first-order valence-corrected chi connectivity index (χ1v) is 6.43. The third-order valence-corrected chi connectivity index (χ3v) is 2.58. The summed E-state index contributed by atoms with van der Waals surface area (Å²) >= 11 is 0. The van der Waals surface area contributed by atoms with Gasteiger partial charge in [-0.25, -0.2) is 9.69 Å². The van der Waals surface area contributed by atoms with Crippen molar-refractivity contribution in [2.24, 2.45) is 0 Å². The Kier molecular flexibility index (Phi) is 5.89. The molecule has 0 atom stereocenters. The molecule has 0 radical (unpaired) electrons. The number of benzene rings is 1. The summed E-state index contributed by atoms with van der Waals surface area (Å²) in [5.41, 5.74) is -0.208. The zero-order valence-corrected chi connectivity index (χ0v) is 12.2. The standard InChI is InChI=1S/C14H15N3O5/c1-4-21-13-8-11(6-7-12(13)17(19)20)16(9-15)10(3)14(18)22-5-2/h6-8H,3-5H2,1-2H3. The highest BCUT2D eigenvalue weighted by atomic mass is 16.6. The molecule has 1 aromatic carbocycles. The van der Waals surface area contributed by atoms with E-state index in [1.165, 1.54) is 18.2 Å². The van der Waals surface area contributed by atoms with E-state index in [9.17, 15) is 20.2 Å². The normalized spacial score (nSPS) is 9.50. The molecule has 0 amide bonds. The fraction of sp³-hybridized carbons (Fsp3) is 0.286. The predicted octanol–water partition coefficient (Wildman–Crippen LogP) is 2.36. The summed E-state index contributed by atoms with van der Waals surface area (Å²) in [6.45, 7) is 7.17. The molecule has 0 saturated heterocycles. The molecule has 0 bridgehead atoms. The van der Waals surface area contributed by atoms with Crippen molar-refractivity contribution in [1.29, 1.82) is 5.26 Å². The number of nitrogens with zero attached hydrogens (tertiary/aromatic N) is 3. The molecule has 0 unspecified atom stereocenters. The second-order valence-electron chi connectivity index (χ2n) is 3.94. The van der Waals surface area contributed by atoms with E-state index in [0.29, 0.717) is 0 Å². The number of hydrogen-bond donors (Lipinski definition) is 0. The molecule has 0 spiro atoms. The fourth-order valence-corrected chi connectivity index (χ4v) is 1.64. The number of carbonyl (C=O) groups is 1. The summed E-state index contributed by atoms with van der Waals surface area (Å²) in [6.07, 6.45) is 1.78. The maximum atomic E-state index is 11.6. The zero-order valence-electron chi connectivity index (χ0n) is 12.2. The van der Waals surface area contributed by atoms with Crippen LogP contribution in [0.2, 0.25) is 0 Å². The van der Waals surface area contributed by atoms with Crippen LogP contribution < -0.4 is 9.64 Å². The lowest BCUT2D eigenvalue weighted by molar-refractivity contribution is -0.385. The number of esters is 1. The number of carbonyl (C=O) groups excluding carboxylic acids is 1. The van der Waals surface area contributed by atoms with Gasteiger partial charge in [-0.05, 0) is 19.9 Å². The van der Waals surface area contributed by atoms with Gasteiger partial charge >= 0.3 is 11.7 Å². The largest absolute Gasteiger partial charge is 0.487 e. The van der Waals surface area contributed by atoms with E-state index >= 15 is 0 Å². The third kappa shape index (κ3) is 3.73. The van der Waals surface area contributed by atoms with Crippen molar-refractivity contribution in [3.05, 3.63) is 40.6 Å². The topological polar surface area (TPSA) is 106 Å². The van der Waals surface area contributed by atoms with Crippen LogP contribution in [0.4, 0.5) is 11.4 Å². The second kappa shape index (κ2) is 7.64. The Labute approximate surface area is 127 Å². The molecule has 0 heterocycles. The van der Waals surface area contributed by atoms with E-state index in [0.717, 1.165) is 4.90 Å². The number of nitro groups is 1. The first-order valence-electron chi connectivity index (χ1n) is 6.43. The highest BCUT2D eigenvalue weighted by Crippen LogP contribution is 2.32. The highest BCUT2D eigenvalue weighted by Gasteiger charge is 2.22. The minimum Gasteiger partial charge on any atom is -0.487 e. The quantitative estimate of drug-likeness (QED) is 0.190. The number of ether oxygens (including phenoxy) is 2. The van der Waals surface area contributed by atoms with E-state index in [2.05, 4.69) is 6.58 Å². The molecule has 0 aliphatic heterocycles. The molecule has 1 rings (SSSR count). The SMILES string of the molecule is C=C(C(=O)OCC)N(C#N)c1ccc([N+](=O)[O-])c(OCC)c1. The maximum absolute atomic E-state index is 11.6. The van der Waals surface area contributed by atoms with Crippen LogP contribution in [0, 0.1) is 21.6 Å². The summed E-state index contributed by atoms with van der Waals surface area (Å²) in [7, 11) is 0. The molecule has 0 N–H and O–H groups in total. The van der Waals surface area contributed by atoms with Gasteiger partial charge in [-0.1, -0.05) is 6.58 Å². The van der Waals surface area contributed by atoms with E-state index in [-0.39, 0.29) is 36.0 Å². The van der Waals surface area contributed by atoms with Crippen LogP contribution in [0.15, 0.2) is 30.5 Å². The Morgan fingerprint density at radius 1 is 1.45 bits per heavy atom. The average Bonchev–Trinajstić information content (AvgIpc) is 2.48. The molecule has 0 aliphatic carbocycles. The molecule has 1 aromatic rings. The van der Waals surface area contributed by atoms with Gasteiger partial charge in [0.15, 0.2) is 11.9 Å². The summed E-state index contributed by atoms with van der Waals surface area (Å²) in [6, 6.07) is 3.83. The van der Waals surface area contributed by atoms with Crippen LogP contribution in [-0.4, -0.2) is 24.1 Å². The van der Waals surface area contributed by atoms with Crippen LogP contribution in [-0.2, 0) is 9.53 Å². The molecule has 0 aliphatic rings. The van der Waals surface area contributed by atoms with Crippen molar-refractivity contribution in [2.75, 3.05) is 18.1 Å². The van der Waals surface area contributed by atoms with Gasteiger partial charge in [0.25, 0.3) is 0 Å². The van der Waals surface area contributed by atoms with Crippen molar-refractivity contribution in [2.45, 2.75) is 13.8 Å². The lowest BCUT2D eigenvalue weighted by Crippen LogP contribution is -2.23. The van der Waals surface area contributed by atoms with Crippen LogP contribution in [0.1, 0.15) is 13.8 Å². The summed E-state index contributed by atoms with van der Waals surface area (Å²) in [5, 5.41) is 20.1. The van der Waals surface area contributed by atoms with Crippen LogP contribution in [0.25, 0.3) is 0 Å². The van der Waals surface area contributed by atoms with Gasteiger partial charge in [0.05, 0.1) is 23.8 Å². The summed E-state index contributed by atoms with van der Waals surface area (Å²) < 4.78 is 9.97. The van der Waals surface area contributed by atoms with Gasteiger partial charge in [0.2, 0.25) is 0 Å². The Hall–Kier alpha value is -3.08. The zero-order chi connectivity index (χ0) is 16.7.